The van der Waals surface area contributed by atoms with E-state index in [4.69, 9.17) is 10.2 Å². The van der Waals surface area contributed by atoms with Crippen LogP contribution in [0.4, 0.5) is 0 Å². The number of aromatic amines is 1. The van der Waals surface area contributed by atoms with E-state index in [1.54, 1.807) is 6.92 Å². The fraction of sp³-hybridized carbons (Fsp3) is 0.0833. The first-order valence-electron chi connectivity index (χ1n) is 5.11. The van der Waals surface area contributed by atoms with E-state index in [-0.39, 0.29) is 11.1 Å². The molecule has 0 aliphatic heterocycles. The van der Waals surface area contributed by atoms with Gasteiger partial charge in [-0.3, -0.25) is 5.10 Å². The van der Waals surface area contributed by atoms with E-state index in [9.17, 15) is 9.59 Å². The van der Waals surface area contributed by atoms with Gasteiger partial charge in [0.15, 0.2) is 0 Å². The number of benzene rings is 1. The summed E-state index contributed by atoms with van der Waals surface area (Å²) < 4.78 is 0. The molecule has 6 nitrogen and oxygen atoms in total. The van der Waals surface area contributed by atoms with Crippen LogP contribution in [0, 0.1) is 6.92 Å². The maximum atomic E-state index is 11.0. The summed E-state index contributed by atoms with van der Waals surface area (Å²) in [7, 11) is 0. The molecule has 0 unspecified atom stereocenters. The second kappa shape index (κ2) is 4.33. The van der Waals surface area contributed by atoms with Gasteiger partial charge in [-0.1, -0.05) is 0 Å². The Labute approximate surface area is 102 Å². The van der Waals surface area contributed by atoms with Gasteiger partial charge in [0.2, 0.25) is 0 Å². The van der Waals surface area contributed by atoms with Gasteiger partial charge in [0.1, 0.15) is 0 Å². The number of H-pyrrole nitrogens is 1. The van der Waals surface area contributed by atoms with Gasteiger partial charge in [0.25, 0.3) is 0 Å². The van der Waals surface area contributed by atoms with Crippen molar-refractivity contribution < 1.29 is 19.8 Å². The first-order chi connectivity index (χ1) is 8.49. The van der Waals surface area contributed by atoms with Crippen LogP contribution in [0.25, 0.3) is 11.1 Å². The minimum atomic E-state index is -1.17. The number of nitrogens with zero attached hydrogens (tertiary/aromatic N) is 1. The molecule has 0 bridgehead atoms. The lowest BCUT2D eigenvalue weighted by Gasteiger charge is -2.04. The lowest BCUT2D eigenvalue weighted by molar-refractivity contribution is 0.0696. The molecule has 2 rings (SSSR count). The monoisotopic (exact) mass is 246 g/mol. The summed E-state index contributed by atoms with van der Waals surface area (Å²) in [6.07, 6.45) is 1.53. The number of carbonyl (C=O) groups is 2. The molecule has 1 aromatic carbocycles. The first-order valence-corrected chi connectivity index (χ1v) is 5.11. The van der Waals surface area contributed by atoms with Gasteiger partial charge >= 0.3 is 11.9 Å². The molecule has 1 heterocycles. The van der Waals surface area contributed by atoms with E-state index in [1.807, 2.05) is 0 Å². The van der Waals surface area contributed by atoms with E-state index < -0.39 is 11.9 Å². The lowest BCUT2D eigenvalue weighted by Crippen LogP contribution is -2.03. The molecule has 0 amide bonds. The SMILES string of the molecule is Cc1[nH]ncc1-c1cc(C(=O)O)cc(C(=O)O)c1. The van der Waals surface area contributed by atoms with Gasteiger partial charge in [-0.05, 0) is 30.7 Å². The predicted octanol–water partition coefficient (Wildman–Crippen LogP) is 1.78. The average molecular weight is 246 g/mol. The summed E-state index contributed by atoms with van der Waals surface area (Å²) in [6.45, 7) is 1.77. The summed E-state index contributed by atoms with van der Waals surface area (Å²) in [5.41, 5.74) is 1.81. The Morgan fingerprint density at radius 1 is 1.11 bits per heavy atom. The van der Waals surface area contributed by atoms with Crippen LogP contribution in [0.1, 0.15) is 26.4 Å². The van der Waals surface area contributed by atoms with Crippen LogP contribution in [-0.4, -0.2) is 32.3 Å². The fourth-order valence-corrected chi connectivity index (χ4v) is 1.67. The van der Waals surface area contributed by atoms with Crippen molar-refractivity contribution in [2.45, 2.75) is 6.92 Å². The molecule has 0 saturated carbocycles. The van der Waals surface area contributed by atoms with Crippen LogP contribution in [0.3, 0.4) is 0 Å². The van der Waals surface area contributed by atoms with Gasteiger partial charge in [-0.2, -0.15) is 5.10 Å². The Morgan fingerprint density at radius 2 is 1.67 bits per heavy atom. The fourth-order valence-electron chi connectivity index (χ4n) is 1.67. The standard InChI is InChI=1S/C12H10N2O4/c1-6-10(5-13-14-6)7-2-8(11(15)16)4-9(3-7)12(17)18/h2-5H,1H3,(H,13,14)(H,15,16)(H,17,18). The number of aryl methyl sites for hydroxylation is 1. The number of carboxylic acids is 2. The molecule has 3 N–H and O–H groups in total. The highest BCUT2D eigenvalue weighted by molar-refractivity contribution is 5.96. The van der Waals surface area contributed by atoms with Crippen LogP contribution in [0.2, 0.25) is 0 Å². The summed E-state index contributed by atoms with van der Waals surface area (Å²) in [6, 6.07) is 3.98. The van der Waals surface area contributed by atoms with E-state index in [2.05, 4.69) is 10.2 Å². The second-order valence-electron chi connectivity index (χ2n) is 3.82. The van der Waals surface area contributed by atoms with Crippen LogP contribution in [-0.2, 0) is 0 Å². The van der Waals surface area contributed by atoms with Crippen LogP contribution >= 0.6 is 0 Å². The molecular weight excluding hydrogens is 236 g/mol. The number of hydrogen-bond donors (Lipinski definition) is 3. The zero-order valence-corrected chi connectivity index (χ0v) is 9.47. The van der Waals surface area contributed by atoms with Crippen LogP contribution < -0.4 is 0 Å². The van der Waals surface area contributed by atoms with Crippen LogP contribution in [0.5, 0.6) is 0 Å². The molecule has 0 aliphatic carbocycles. The van der Waals surface area contributed by atoms with Crippen molar-refractivity contribution >= 4 is 11.9 Å². The highest BCUT2D eigenvalue weighted by Gasteiger charge is 2.13. The molecule has 0 saturated heterocycles. The largest absolute Gasteiger partial charge is 0.478 e. The maximum absolute atomic E-state index is 11.0. The highest BCUT2D eigenvalue weighted by atomic mass is 16.4. The van der Waals surface area contributed by atoms with Gasteiger partial charge < -0.3 is 10.2 Å². The molecule has 18 heavy (non-hydrogen) atoms. The topological polar surface area (TPSA) is 103 Å². The molecule has 0 fully saturated rings. The van der Waals surface area contributed by atoms with Gasteiger partial charge in [-0.15, -0.1) is 0 Å². The Balaban J connectivity index is 2.64. The zero-order valence-electron chi connectivity index (χ0n) is 9.47. The summed E-state index contributed by atoms with van der Waals surface area (Å²) in [5.74, 6) is -2.33. The second-order valence-corrected chi connectivity index (χ2v) is 3.82. The maximum Gasteiger partial charge on any atom is 0.335 e. The predicted molar refractivity (Wildman–Crippen MR) is 62.7 cm³/mol. The van der Waals surface area contributed by atoms with Crippen molar-refractivity contribution in [1.29, 1.82) is 0 Å². The van der Waals surface area contributed by atoms with E-state index >= 15 is 0 Å². The minimum absolute atomic E-state index is 0.0644. The van der Waals surface area contributed by atoms with Crippen molar-refractivity contribution in [3.8, 4) is 11.1 Å². The number of aromatic nitrogens is 2. The molecule has 2 aromatic rings. The number of hydrogen-bond acceptors (Lipinski definition) is 3. The molecule has 6 heteroatoms. The number of carboxylic acid groups (broad SMARTS) is 2. The quantitative estimate of drug-likeness (QED) is 0.765. The first kappa shape index (κ1) is 11.8. The Hall–Kier alpha value is -2.63. The zero-order chi connectivity index (χ0) is 13.3. The molecule has 0 spiro atoms. The smallest absolute Gasteiger partial charge is 0.335 e. The molecule has 1 aromatic heterocycles. The summed E-state index contributed by atoms with van der Waals surface area (Å²) in [4.78, 5) is 21.9. The number of rotatable bonds is 3. The summed E-state index contributed by atoms with van der Waals surface area (Å²) >= 11 is 0. The number of nitrogens with one attached hydrogen (secondary N) is 1. The average Bonchev–Trinajstić information content (AvgIpc) is 2.74. The van der Waals surface area contributed by atoms with Gasteiger partial charge in [0.05, 0.1) is 17.3 Å². The summed E-state index contributed by atoms with van der Waals surface area (Å²) in [5, 5.41) is 24.5. The van der Waals surface area contributed by atoms with E-state index in [1.165, 1.54) is 18.3 Å². The molecule has 92 valence electrons. The molecule has 0 radical (unpaired) electrons. The Morgan fingerprint density at radius 3 is 2.06 bits per heavy atom. The van der Waals surface area contributed by atoms with Gasteiger partial charge in [-0.25, -0.2) is 9.59 Å². The normalized spacial score (nSPS) is 10.3. The van der Waals surface area contributed by atoms with Crippen LogP contribution in [0.15, 0.2) is 24.4 Å². The van der Waals surface area contributed by atoms with Crippen molar-refractivity contribution in [3.63, 3.8) is 0 Å². The van der Waals surface area contributed by atoms with E-state index in [0.29, 0.717) is 11.1 Å². The third kappa shape index (κ3) is 2.08. The van der Waals surface area contributed by atoms with Crippen molar-refractivity contribution in [2.24, 2.45) is 0 Å². The van der Waals surface area contributed by atoms with Crippen molar-refractivity contribution in [3.05, 3.63) is 41.2 Å². The Kier molecular flexibility index (Phi) is 2.85. The third-order valence-corrected chi connectivity index (χ3v) is 2.57. The lowest BCUT2D eigenvalue weighted by atomic mass is 10.0. The number of aromatic carboxylic acids is 2. The molecule has 0 atom stereocenters. The van der Waals surface area contributed by atoms with Crippen molar-refractivity contribution in [2.75, 3.05) is 0 Å². The molecular formula is C12H10N2O4. The highest BCUT2D eigenvalue weighted by Crippen LogP contribution is 2.24. The van der Waals surface area contributed by atoms with E-state index in [0.717, 1.165) is 11.8 Å². The van der Waals surface area contributed by atoms with Crippen molar-refractivity contribution in [1.82, 2.24) is 10.2 Å². The molecule has 0 aliphatic rings. The minimum Gasteiger partial charge on any atom is -0.478 e. The Bertz CT molecular complexity index is 599. The van der Waals surface area contributed by atoms with Gasteiger partial charge in [0, 0.05) is 11.3 Å². The third-order valence-electron chi connectivity index (χ3n) is 2.57.